The highest BCUT2D eigenvalue weighted by Crippen LogP contribution is 2.21. The van der Waals surface area contributed by atoms with Crippen molar-refractivity contribution in [2.45, 2.75) is 32.4 Å². The second kappa shape index (κ2) is 6.81. The van der Waals surface area contributed by atoms with Crippen molar-refractivity contribution in [3.8, 4) is 12.3 Å². The summed E-state index contributed by atoms with van der Waals surface area (Å²) in [7, 11) is 0. The molecule has 0 aliphatic rings. The first kappa shape index (κ1) is 15.1. The molecule has 1 rings (SSSR count). The fraction of sp³-hybridized carbons (Fsp3) is 0.385. The Kier molecular flexibility index (Phi) is 5.39. The van der Waals surface area contributed by atoms with Crippen molar-refractivity contribution in [3.05, 3.63) is 21.9 Å². The van der Waals surface area contributed by atoms with Crippen LogP contribution in [0.2, 0.25) is 0 Å². The molecule has 1 heterocycles. The number of carboxylic acid groups (broad SMARTS) is 1. The van der Waals surface area contributed by atoms with Gasteiger partial charge in [0.2, 0.25) is 0 Å². The molecule has 102 valence electrons. The normalized spacial score (nSPS) is 13.1. The lowest BCUT2D eigenvalue weighted by atomic mass is 10.2. The Balaban J connectivity index is 2.55. The Morgan fingerprint density at radius 3 is 2.63 bits per heavy atom. The molecule has 0 spiro atoms. The van der Waals surface area contributed by atoms with Gasteiger partial charge in [-0.3, -0.25) is 0 Å². The smallest absolute Gasteiger partial charge is 0.327 e. The Labute approximate surface area is 116 Å². The molecule has 5 nitrogen and oxygen atoms in total. The number of urea groups is 1. The first-order valence-corrected chi connectivity index (χ1v) is 6.55. The number of hydrogen-bond donors (Lipinski definition) is 3. The lowest BCUT2D eigenvalue weighted by Crippen LogP contribution is -2.46. The fourth-order valence-electron chi connectivity index (χ4n) is 1.47. The van der Waals surface area contributed by atoms with Gasteiger partial charge in [-0.25, -0.2) is 9.59 Å². The van der Waals surface area contributed by atoms with Crippen LogP contribution in [0.15, 0.2) is 12.1 Å². The van der Waals surface area contributed by atoms with Gasteiger partial charge >= 0.3 is 12.0 Å². The Morgan fingerprint density at radius 1 is 1.47 bits per heavy atom. The van der Waals surface area contributed by atoms with E-state index in [1.165, 1.54) is 0 Å². The minimum Gasteiger partial charge on any atom is -0.480 e. The van der Waals surface area contributed by atoms with Crippen molar-refractivity contribution >= 4 is 23.3 Å². The average molecular weight is 280 g/mol. The molecule has 6 heteroatoms. The molecule has 0 bridgehead atoms. The van der Waals surface area contributed by atoms with Gasteiger partial charge in [0.1, 0.15) is 6.04 Å². The number of terminal acetylenes is 1. The maximum Gasteiger partial charge on any atom is 0.327 e. The lowest BCUT2D eigenvalue weighted by Gasteiger charge is -2.16. The Bertz CT molecular complexity index is 504. The van der Waals surface area contributed by atoms with Crippen molar-refractivity contribution in [3.63, 3.8) is 0 Å². The highest BCUT2D eigenvalue weighted by Gasteiger charge is 2.20. The van der Waals surface area contributed by atoms with Crippen LogP contribution in [0.5, 0.6) is 0 Å². The molecular formula is C13H16N2O3S. The number of nitrogens with one attached hydrogen (secondary N) is 2. The SMILES string of the molecule is C#CCC(NC(=O)NC(C)c1ccc(C)s1)C(=O)O. The van der Waals surface area contributed by atoms with Crippen LogP contribution < -0.4 is 10.6 Å². The van der Waals surface area contributed by atoms with E-state index in [1.54, 1.807) is 11.3 Å². The van der Waals surface area contributed by atoms with Crippen molar-refractivity contribution in [1.29, 1.82) is 0 Å². The minimum atomic E-state index is -1.15. The number of carboxylic acids is 1. The van der Waals surface area contributed by atoms with Crippen molar-refractivity contribution in [2.75, 3.05) is 0 Å². The monoisotopic (exact) mass is 280 g/mol. The molecular weight excluding hydrogens is 264 g/mol. The van der Waals surface area contributed by atoms with Crippen LogP contribution in [0.3, 0.4) is 0 Å². The summed E-state index contributed by atoms with van der Waals surface area (Å²) >= 11 is 1.58. The summed E-state index contributed by atoms with van der Waals surface area (Å²) in [6.07, 6.45) is 5.01. The summed E-state index contributed by atoms with van der Waals surface area (Å²) in [5.41, 5.74) is 0. The molecule has 0 fully saturated rings. The number of aryl methyl sites for hydroxylation is 1. The minimum absolute atomic E-state index is 0.0464. The molecule has 0 aliphatic heterocycles. The molecule has 1 aromatic heterocycles. The van der Waals surface area contributed by atoms with Gasteiger partial charge in [-0.15, -0.1) is 23.7 Å². The standard InChI is InChI=1S/C13H16N2O3S/c1-4-5-10(12(16)17)15-13(18)14-9(3)11-7-6-8(2)19-11/h1,6-7,9-10H,5H2,2-3H3,(H,16,17)(H2,14,15,18). The third-order valence-corrected chi connectivity index (χ3v) is 3.64. The van der Waals surface area contributed by atoms with E-state index in [0.717, 1.165) is 9.75 Å². The third kappa shape index (κ3) is 4.64. The molecule has 19 heavy (non-hydrogen) atoms. The zero-order valence-corrected chi connectivity index (χ0v) is 11.6. The zero-order valence-electron chi connectivity index (χ0n) is 10.8. The van der Waals surface area contributed by atoms with Crippen LogP contribution in [0.1, 0.15) is 29.1 Å². The molecule has 0 saturated carbocycles. The first-order valence-electron chi connectivity index (χ1n) is 5.73. The summed E-state index contributed by atoms with van der Waals surface area (Å²) in [6.45, 7) is 3.82. The van der Waals surface area contributed by atoms with E-state index in [9.17, 15) is 9.59 Å². The fourth-order valence-corrected chi connectivity index (χ4v) is 2.35. The van der Waals surface area contributed by atoms with Gasteiger partial charge in [-0.1, -0.05) is 0 Å². The Hall–Kier alpha value is -2.00. The van der Waals surface area contributed by atoms with E-state index >= 15 is 0 Å². The number of aliphatic carboxylic acids is 1. The number of thiophene rings is 1. The molecule has 1 aromatic rings. The third-order valence-electron chi connectivity index (χ3n) is 2.46. The summed E-state index contributed by atoms with van der Waals surface area (Å²) in [4.78, 5) is 24.7. The highest BCUT2D eigenvalue weighted by atomic mass is 32.1. The second-order valence-corrected chi connectivity index (χ2v) is 5.41. The molecule has 2 amide bonds. The van der Waals surface area contributed by atoms with Crippen molar-refractivity contribution < 1.29 is 14.7 Å². The molecule has 3 N–H and O–H groups in total. The van der Waals surface area contributed by atoms with Crippen LogP contribution in [0.4, 0.5) is 4.79 Å². The van der Waals surface area contributed by atoms with Gasteiger partial charge in [0.05, 0.1) is 6.04 Å². The van der Waals surface area contributed by atoms with Crippen LogP contribution in [-0.4, -0.2) is 23.1 Å². The number of rotatable bonds is 5. The van der Waals surface area contributed by atoms with Gasteiger partial charge in [-0.05, 0) is 26.0 Å². The predicted octanol–water partition coefficient (Wildman–Crippen LogP) is 1.89. The van der Waals surface area contributed by atoms with Crippen molar-refractivity contribution in [2.24, 2.45) is 0 Å². The first-order chi connectivity index (χ1) is 8.93. The molecule has 0 aliphatic carbocycles. The lowest BCUT2D eigenvalue weighted by molar-refractivity contribution is -0.139. The topological polar surface area (TPSA) is 78.4 Å². The van der Waals surface area contributed by atoms with Crippen LogP contribution in [-0.2, 0) is 4.79 Å². The van der Waals surface area contributed by atoms with Gasteiger partial charge in [0, 0.05) is 16.2 Å². The van der Waals surface area contributed by atoms with Crippen LogP contribution >= 0.6 is 11.3 Å². The van der Waals surface area contributed by atoms with Crippen LogP contribution in [0, 0.1) is 19.3 Å². The zero-order chi connectivity index (χ0) is 14.4. The molecule has 0 radical (unpaired) electrons. The van der Waals surface area contributed by atoms with Crippen LogP contribution in [0.25, 0.3) is 0 Å². The van der Waals surface area contributed by atoms with E-state index in [1.807, 2.05) is 26.0 Å². The predicted molar refractivity (Wildman–Crippen MR) is 74.0 cm³/mol. The van der Waals surface area contributed by atoms with E-state index < -0.39 is 18.0 Å². The van der Waals surface area contributed by atoms with E-state index in [0.29, 0.717) is 0 Å². The number of carbonyl (C=O) groups excluding carboxylic acids is 1. The number of carbonyl (C=O) groups is 2. The van der Waals surface area contributed by atoms with Gasteiger partial charge in [0.25, 0.3) is 0 Å². The van der Waals surface area contributed by atoms with Gasteiger partial charge in [-0.2, -0.15) is 0 Å². The maximum atomic E-state index is 11.7. The summed E-state index contributed by atoms with van der Waals surface area (Å²) in [5.74, 6) is 1.08. The summed E-state index contributed by atoms with van der Waals surface area (Å²) < 4.78 is 0. The molecule has 2 unspecified atom stereocenters. The quantitative estimate of drug-likeness (QED) is 0.721. The largest absolute Gasteiger partial charge is 0.480 e. The van der Waals surface area contributed by atoms with E-state index in [4.69, 9.17) is 11.5 Å². The molecule has 2 atom stereocenters. The van der Waals surface area contributed by atoms with Gasteiger partial charge in [0.15, 0.2) is 0 Å². The summed E-state index contributed by atoms with van der Waals surface area (Å²) in [6, 6.07) is 2.11. The molecule has 0 aromatic carbocycles. The second-order valence-electron chi connectivity index (χ2n) is 4.09. The van der Waals surface area contributed by atoms with E-state index in [2.05, 4.69) is 16.6 Å². The van der Waals surface area contributed by atoms with Gasteiger partial charge < -0.3 is 15.7 Å². The number of amides is 2. The summed E-state index contributed by atoms with van der Waals surface area (Å²) in [5, 5.41) is 13.9. The Morgan fingerprint density at radius 2 is 2.16 bits per heavy atom. The van der Waals surface area contributed by atoms with E-state index in [-0.39, 0.29) is 12.5 Å². The molecule has 0 saturated heterocycles. The average Bonchev–Trinajstić information content (AvgIpc) is 2.75. The van der Waals surface area contributed by atoms with Crippen molar-refractivity contribution in [1.82, 2.24) is 10.6 Å². The maximum absolute atomic E-state index is 11.7. The number of hydrogen-bond acceptors (Lipinski definition) is 3. The highest BCUT2D eigenvalue weighted by molar-refractivity contribution is 7.12.